The molecule has 0 bridgehead atoms. The highest BCUT2D eigenvalue weighted by molar-refractivity contribution is 5.89. The molecule has 104 valence electrons. The second kappa shape index (κ2) is 6.04. The molecular formula is C14H21N3O2. The number of hydrogen-bond donors (Lipinski definition) is 3. The third-order valence-electron chi connectivity index (χ3n) is 3.36. The maximum absolute atomic E-state index is 11.9. The fourth-order valence-electron chi connectivity index (χ4n) is 2.16. The van der Waals surface area contributed by atoms with Crippen LogP contribution in [0, 0.1) is 0 Å². The molecule has 0 spiro atoms. The summed E-state index contributed by atoms with van der Waals surface area (Å²) in [6.07, 6.45) is 0.926. The number of urea groups is 1. The van der Waals surface area contributed by atoms with Gasteiger partial charge in [-0.25, -0.2) is 4.79 Å². The lowest BCUT2D eigenvalue weighted by molar-refractivity contribution is 0.114. The molecule has 0 aromatic heterocycles. The molecule has 1 fully saturated rings. The fraction of sp³-hybridized carbons (Fsp3) is 0.500. The van der Waals surface area contributed by atoms with Crippen LogP contribution in [0.25, 0.3) is 0 Å². The zero-order chi connectivity index (χ0) is 13.8. The summed E-state index contributed by atoms with van der Waals surface area (Å²) in [5.41, 5.74) is 7.56. The number of carbonyl (C=O) groups is 1. The van der Waals surface area contributed by atoms with E-state index in [1.165, 1.54) is 0 Å². The molecule has 2 amide bonds. The average Bonchev–Trinajstić information content (AvgIpc) is 2.75. The summed E-state index contributed by atoms with van der Waals surface area (Å²) in [6.45, 7) is 4.58. The first kappa shape index (κ1) is 13.8. The summed E-state index contributed by atoms with van der Waals surface area (Å²) in [7, 11) is 0. The third-order valence-corrected chi connectivity index (χ3v) is 3.36. The highest BCUT2D eigenvalue weighted by Gasteiger charge is 2.25. The Balaban J connectivity index is 1.93. The number of hydrogen-bond acceptors (Lipinski definition) is 3. The van der Waals surface area contributed by atoms with Gasteiger partial charge in [-0.05, 0) is 38.0 Å². The molecule has 0 saturated carbocycles. The molecule has 0 radical (unpaired) electrons. The lowest BCUT2D eigenvalue weighted by Crippen LogP contribution is -2.41. The van der Waals surface area contributed by atoms with Crippen molar-refractivity contribution in [3.63, 3.8) is 0 Å². The van der Waals surface area contributed by atoms with E-state index >= 15 is 0 Å². The number of nitrogens with one attached hydrogen (secondary N) is 2. The van der Waals surface area contributed by atoms with E-state index in [1.54, 1.807) is 0 Å². The van der Waals surface area contributed by atoms with Gasteiger partial charge in [0, 0.05) is 18.3 Å². The van der Waals surface area contributed by atoms with E-state index in [2.05, 4.69) is 10.6 Å². The van der Waals surface area contributed by atoms with Crippen molar-refractivity contribution in [1.82, 2.24) is 5.32 Å². The number of nitrogens with two attached hydrogens (primary N) is 1. The molecule has 1 aliphatic rings. The Morgan fingerprint density at radius 2 is 2.32 bits per heavy atom. The van der Waals surface area contributed by atoms with Crippen LogP contribution in [-0.2, 0) is 4.74 Å². The van der Waals surface area contributed by atoms with Gasteiger partial charge in [-0.2, -0.15) is 0 Å². The maximum atomic E-state index is 11.9. The highest BCUT2D eigenvalue weighted by atomic mass is 16.5. The molecule has 1 saturated heterocycles. The third kappa shape index (κ3) is 3.68. The van der Waals surface area contributed by atoms with Gasteiger partial charge in [-0.3, -0.25) is 0 Å². The minimum Gasteiger partial charge on any atom is -0.376 e. The van der Waals surface area contributed by atoms with E-state index in [-0.39, 0.29) is 24.2 Å². The van der Waals surface area contributed by atoms with Crippen LogP contribution in [0.15, 0.2) is 24.3 Å². The highest BCUT2D eigenvalue weighted by Crippen LogP contribution is 2.16. The normalized spacial score (nSPS) is 23.9. The largest absolute Gasteiger partial charge is 0.376 e. The minimum absolute atomic E-state index is 0.0481. The first-order valence-electron chi connectivity index (χ1n) is 6.61. The van der Waals surface area contributed by atoms with Crippen molar-refractivity contribution >= 4 is 11.7 Å². The molecule has 19 heavy (non-hydrogen) atoms. The van der Waals surface area contributed by atoms with Crippen LogP contribution in [-0.4, -0.2) is 24.8 Å². The average molecular weight is 263 g/mol. The number of ether oxygens (including phenoxy) is 1. The summed E-state index contributed by atoms with van der Waals surface area (Å²) in [4.78, 5) is 11.9. The predicted octanol–water partition coefficient (Wildman–Crippen LogP) is 2.01. The van der Waals surface area contributed by atoms with Crippen LogP contribution in [0.5, 0.6) is 0 Å². The zero-order valence-electron chi connectivity index (χ0n) is 11.3. The second-order valence-electron chi connectivity index (χ2n) is 4.98. The van der Waals surface area contributed by atoms with E-state index in [9.17, 15) is 4.79 Å². The number of carbonyl (C=O) groups excluding carboxylic acids is 1. The quantitative estimate of drug-likeness (QED) is 0.780. The van der Waals surface area contributed by atoms with E-state index in [0.717, 1.165) is 17.7 Å². The topological polar surface area (TPSA) is 76.4 Å². The van der Waals surface area contributed by atoms with Crippen LogP contribution in [0.3, 0.4) is 0 Å². The summed E-state index contributed by atoms with van der Waals surface area (Å²) in [6, 6.07) is 7.39. The van der Waals surface area contributed by atoms with Gasteiger partial charge in [0.2, 0.25) is 0 Å². The first-order valence-corrected chi connectivity index (χ1v) is 6.61. The molecule has 1 aromatic carbocycles. The Morgan fingerprint density at radius 3 is 2.95 bits per heavy atom. The molecule has 1 heterocycles. The lowest BCUT2D eigenvalue weighted by Gasteiger charge is -2.17. The van der Waals surface area contributed by atoms with Crippen LogP contribution in [0.4, 0.5) is 10.5 Å². The first-order chi connectivity index (χ1) is 9.06. The number of benzene rings is 1. The number of amides is 2. The Labute approximate surface area is 113 Å². The van der Waals surface area contributed by atoms with Crippen molar-refractivity contribution in [3.8, 4) is 0 Å². The number of rotatable bonds is 3. The van der Waals surface area contributed by atoms with Crippen LogP contribution < -0.4 is 16.4 Å². The monoisotopic (exact) mass is 263 g/mol. The molecule has 0 aliphatic carbocycles. The van der Waals surface area contributed by atoms with Gasteiger partial charge >= 0.3 is 6.03 Å². The van der Waals surface area contributed by atoms with Gasteiger partial charge in [0.15, 0.2) is 0 Å². The smallest absolute Gasteiger partial charge is 0.319 e. The van der Waals surface area contributed by atoms with E-state index < -0.39 is 0 Å². The van der Waals surface area contributed by atoms with Crippen molar-refractivity contribution in [2.75, 3.05) is 11.9 Å². The van der Waals surface area contributed by atoms with Crippen molar-refractivity contribution in [3.05, 3.63) is 29.8 Å². The Bertz CT molecular complexity index is 448. The molecular weight excluding hydrogens is 242 g/mol. The van der Waals surface area contributed by atoms with Crippen molar-refractivity contribution < 1.29 is 9.53 Å². The molecule has 2 rings (SSSR count). The standard InChI is InChI=1S/C14H21N3O2/c1-9(15)11-4-3-5-12(8-11)16-14(18)17-13-6-7-19-10(13)2/h3-5,8-10,13H,6-7,15H2,1-2H3,(H2,16,17,18). The Hall–Kier alpha value is -1.59. The van der Waals surface area contributed by atoms with Crippen molar-refractivity contribution in [2.45, 2.75) is 38.5 Å². The summed E-state index contributed by atoms with van der Waals surface area (Å²) < 4.78 is 5.41. The molecule has 3 atom stereocenters. The molecule has 1 aliphatic heterocycles. The molecule has 4 N–H and O–H groups in total. The van der Waals surface area contributed by atoms with Crippen LogP contribution in [0.2, 0.25) is 0 Å². The van der Waals surface area contributed by atoms with E-state index in [4.69, 9.17) is 10.5 Å². The fourth-order valence-corrected chi connectivity index (χ4v) is 2.16. The van der Waals surface area contributed by atoms with Gasteiger partial charge in [-0.1, -0.05) is 12.1 Å². The Kier molecular flexibility index (Phi) is 4.39. The molecule has 5 heteroatoms. The molecule has 3 unspecified atom stereocenters. The van der Waals surface area contributed by atoms with Gasteiger partial charge in [0.25, 0.3) is 0 Å². The van der Waals surface area contributed by atoms with Gasteiger partial charge in [-0.15, -0.1) is 0 Å². The SMILES string of the molecule is CC(N)c1cccc(NC(=O)NC2CCOC2C)c1. The van der Waals surface area contributed by atoms with Crippen LogP contribution >= 0.6 is 0 Å². The van der Waals surface area contributed by atoms with Crippen molar-refractivity contribution in [1.29, 1.82) is 0 Å². The minimum atomic E-state index is -0.204. The Morgan fingerprint density at radius 1 is 1.53 bits per heavy atom. The summed E-state index contributed by atoms with van der Waals surface area (Å²) >= 11 is 0. The van der Waals surface area contributed by atoms with Crippen LogP contribution in [0.1, 0.15) is 31.9 Å². The van der Waals surface area contributed by atoms with Crippen molar-refractivity contribution in [2.24, 2.45) is 5.73 Å². The zero-order valence-corrected chi connectivity index (χ0v) is 11.3. The van der Waals surface area contributed by atoms with Gasteiger partial charge < -0.3 is 21.1 Å². The molecule has 5 nitrogen and oxygen atoms in total. The molecule has 1 aromatic rings. The summed E-state index contributed by atoms with van der Waals surface area (Å²) in [5, 5.41) is 5.74. The van der Waals surface area contributed by atoms with Gasteiger partial charge in [0.1, 0.15) is 0 Å². The number of anilines is 1. The van der Waals surface area contributed by atoms with E-state index in [1.807, 2.05) is 38.1 Å². The lowest BCUT2D eigenvalue weighted by atomic mass is 10.1. The maximum Gasteiger partial charge on any atom is 0.319 e. The second-order valence-corrected chi connectivity index (χ2v) is 4.98. The van der Waals surface area contributed by atoms with Gasteiger partial charge in [0.05, 0.1) is 12.1 Å². The van der Waals surface area contributed by atoms with E-state index in [0.29, 0.717) is 6.61 Å². The predicted molar refractivity (Wildman–Crippen MR) is 75.0 cm³/mol. The summed E-state index contributed by atoms with van der Waals surface area (Å²) in [5.74, 6) is 0.